The summed E-state index contributed by atoms with van der Waals surface area (Å²) in [6.45, 7) is 2.52. The first-order chi connectivity index (χ1) is 13.5. The molecule has 0 unspecified atom stereocenters. The summed E-state index contributed by atoms with van der Waals surface area (Å²) >= 11 is 5.83. The van der Waals surface area contributed by atoms with Gasteiger partial charge in [-0.1, -0.05) is 11.6 Å². The van der Waals surface area contributed by atoms with Crippen LogP contribution in [-0.4, -0.2) is 38.5 Å². The summed E-state index contributed by atoms with van der Waals surface area (Å²) in [5, 5.41) is 11.5. The largest absolute Gasteiger partial charge is 0.471 e. The van der Waals surface area contributed by atoms with Gasteiger partial charge < -0.3 is 14.8 Å². The number of halogens is 1. The summed E-state index contributed by atoms with van der Waals surface area (Å²) in [6.07, 6.45) is 3.17. The lowest BCUT2D eigenvalue weighted by molar-refractivity contribution is 0.0594. The maximum atomic E-state index is 12.5. The van der Waals surface area contributed by atoms with Crippen LogP contribution >= 0.6 is 11.6 Å². The molecule has 9 nitrogen and oxygen atoms in total. The van der Waals surface area contributed by atoms with Crippen LogP contribution in [0.1, 0.15) is 27.9 Å². The molecule has 1 aromatic carbocycles. The summed E-state index contributed by atoms with van der Waals surface area (Å²) in [6, 6.07) is 8.45. The molecule has 0 aliphatic heterocycles. The number of hydrogen-bond donors (Lipinski definition) is 1. The molecule has 3 aromatic rings. The second-order valence-electron chi connectivity index (χ2n) is 5.66. The van der Waals surface area contributed by atoms with E-state index in [1.54, 1.807) is 42.7 Å². The van der Waals surface area contributed by atoms with Crippen molar-refractivity contribution in [3.63, 3.8) is 0 Å². The normalized spacial score (nSPS) is 10.5. The molecule has 10 heteroatoms. The van der Waals surface area contributed by atoms with Crippen LogP contribution in [0.25, 0.3) is 0 Å². The average Bonchev–Trinajstić information content (AvgIpc) is 3.34. The van der Waals surface area contributed by atoms with Gasteiger partial charge in [-0.3, -0.25) is 9.48 Å². The molecule has 0 saturated carbocycles. The Bertz CT molecular complexity index is 980. The van der Waals surface area contributed by atoms with Crippen molar-refractivity contribution in [1.82, 2.24) is 19.6 Å². The fourth-order valence-electron chi connectivity index (χ4n) is 2.33. The molecule has 28 heavy (non-hydrogen) atoms. The molecule has 3 rings (SSSR count). The number of nitrogens with zero attached hydrogens (tertiary/aromatic N) is 4. The first-order valence-corrected chi connectivity index (χ1v) is 8.77. The van der Waals surface area contributed by atoms with E-state index in [-0.39, 0.29) is 23.8 Å². The highest BCUT2D eigenvalue weighted by atomic mass is 35.5. The van der Waals surface area contributed by atoms with Crippen LogP contribution in [-0.2, 0) is 18.0 Å². The predicted molar refractivity (Wildman–Crippen MR) is 102 cm³/mol. The molecule has 0 fully saturated rings. The first-order valence-electron chi connectivity index (χ1n) is 8.39. The Balaban J connectivity index is 1.66. The first kappa shape index (κ1) is 19.4. The van der Waals surface area contributed by atoms with E-state index in [0.717, 1.165) is 0 Å². The molecule has 146 valence electrons. The van der Waals surface area contributed by atoms with Gasteiger partial charge in [0.05, 0.1) is 12.8 Å². The number of hydrogen-bond acceptors (Lipinski definition) is 6. The van der Waals surface area contributed by atoms with E-state index in [2.05, 4.69) is 15.5 Å². The molecular formula is C18H18ClN5O4. The van der Waals surface area contributed by atoms with E-state index in [4.69, 9.17) is 21.1 Å². The van der Waals surface area contributed by atoms with Crippen molar-refractivity contribution < 1.29 is 19.1 Å². The highest BCUT2D eigenvalue weighted by Gasteiger charge is 2.20. The molecule has 0 saturated heterocycles. The molecule has 1 amide bonds. The lowest BCUT2D eigenvalue weighted by Gasteiger charge is -2.06. The Morgan fingerprint density at radius 2 is 1.89 bits per heavy atom. The van der Waals surface area contributed by atoms with Crippen LogP contribution in [0.2, 0.25) is 5.02 Å². The molecule has 0 bridgehead atoms. The summed E-state index contributed by atoms with van der Waals surface area (Å²) in [7, 11) is 1.25. The van der Waals surface area contributed by atoms with Crippen molar-refractivity contribution in [2.75, 3.05) is 12.4 Å². The van der Waals surface area contributed by atoms with Crippen molar-refractivity contribution >= 4 is 29.2 Å². The topological polar surface area (TPSA) is 100 Å². The summed E-state index contributed by atoms with van der Waals surface area (Å²) < 4.78 is 13.3. The fourth-order valence-corrected chi connectivity index (χ4v) is 2.46. The van der Waals surface area contributed by atoms with E-state index in [1.807, 2.05) is 6.92 Å². The summed E-state index contributed by atoms with van der Waals surface area (Å²) in [4.78, 5) is 24.3. The number of methoxy groups -OCH3 is 1. The Hall–Kier alpha value is -3.33. The van der Waals surface area contributed by atoms with Gasteiger partial charge in [0.2, 0.25) is 0 Å². The zero-order valence-electron chi connectivity index (χ0n) is 15.3. The summed E-state index contributed by atoms with van der Waals surface area (Å²) in [5.74, 6) is -0.490. The van der Waals surface area contributed by atoms with Crippen LogP contribution in [0.15, 0.2) is 42.7 Å². The zero-order chi connectivity index (χ0) is 20.1. The van der Waals surface area contributed by atoms with E-state index in [9.17, 15) is 9.59 Å². The number of ether oxygens (including phenoxy) is 2. The number of rotatable bonds is 7. The van der Waals surface area contributed by atoms with E-state index in [1.165, 1.54) is 16.5 Å². The van der Waals surface area contributed by atoms with Gasteiger partial charge in [0.15, 0.2) is 18.1 Å². The minimum atomic E-state index is -0.635. The van der Waals surface area contributed by atoms with Gasteiger partial charge >= 0.3 is 5.97 Å². The number of benzene rings is 1. The average molecular weight is 404 g/mol. The van der Waals surface area contributed by atoms with Gasteiger partial charge in [0.25, 0.3) is 5.91 Å². The third-order valence-electron chi connectivity index (χ3n) is 3.76. The maximum Gasteiger partial charge on any atom is 0.360 e. The number of esters is 1. The van der Waals surface area contributed by atoms with Gasteiger partial charge in [-0.15, -0.1) is 0 Å². The molecule has 0 aliphatic rings. The predicted octanol–water partition coefficient (Wildman–Crippen LogP) is 2.83. The van der Waals surface area contributed by atoms with Gasteiger partial charge in [-0.05, 0) is 37.3 Å². The van der Waals surface area contributed by atoms with Crippen molar-refractivity contribution in [3.05, 3.63) is 59.1 Å². The van der Waals surface area contributed by atoms with Crippen molar-refractivity contribution in [3.8, 4) is 5.75 Å². The van der Waals surface area contributed by atoms with Crippen molar-refractivity contribution in [1.29, 1.82) is 0 Å². The Morgan fingerprint density at radius 3 is 2.57 bits per heavy atom. The second-order valence-corrected chi connectivity index (χ2v) is 6.10. The number of carbonyl (C=O) groups excluding carboxylic acids is 2. The molecule has 2 aromatic heterocycles. The number of amides is 1. The molecule has 0 radical (unpaired) electrons. The van der Waals surface area contributed by atoms with Crippen molar-refractivity contribution in [2.24, 2.45) is 0 Å². The van der Waals surface area contributed by atoms with Crippen LogP contribution in [0.3, 0.4) is 0 Å². The van der Waals surface area contributed by atoms with Gasteiger partial charge in [-0.2, -0.15) is 10.2 Å². The maximum absolute atomic E-state index is 12.5. The molecule has 1 N–H and O–H groups in total. The Kier molecular flexibility index (Phi) is 5.95. The highest BCUT2D eigenvalue weighted by Crippen LogP contribution is 2.17. The highest BCUT2D eigenvalue weighted by molar-refractivity contribution is 6.30. The van der Waals surface area contributed by atoms with E-state index < -0.39 is 11.9 Å². The van der Waals surface area contributed by atoms with Gasteiger partial charge in [-0.25, -0.2) is 9.48 Å². The molecular weight excluding hydrogens is 386 g/mol. The van der Waals surface area contributed by atoms with Gasteiger partial charge in [0.1, 0.15) is 5.75 Å². The van der Waals surface area contributed by atoms with Crippen LogP contribution in [0, 0.1) is 0 Å². The number of aromatic nitrogens is 4. The van der Waals surface area contributed by atoms with E-state index in [0.29, 0.717) is 17.3 Å². The monoisotopic (exact) mass is 403 g/mol. The smallest absolute Gasteiger partial charge is 0.360 e. The SMILES string of the molecule is CCn1cc(NC(=O)c2ccn(COc3ccc(Cl)cc3)n2)c(C(=O)OC)n1. The minimum absolute atomic E-state index is 0.0307. The van der Waals surface area contributed by atoms with Crippen LogP contribution in [0.5, 0.6) is 5.75 Å². The molecule has 0 atom stereocenters. The number of aryl methyl sites for hydroxylation is 1. The number of nitrogens with one attached hydrogen (secondary N) is 1. The quantitative estimate of drug-likeness (QED) is 0.609. The zero-order valence-corrected chi connectivity index (χ0v) is 16.0. The fraction of sp³-hybridized carbons (Fsp3) is 0.222. The van der Waals surface area contributed by atoms with Crippen LogP contribution < -0.4 is 10.1 Å². The van der Waals surface area contributed by atoms with Crippen LogP contribution in [0.4, 0.5) is 5.69 Å². The number of carbonyl (C=O) groups is 2. The molecule has 0 aliphatic carbocycles. The Labute approximate surface area is 165 Å². The minimum Gasteiger partial charge on any atom is -0.471 e. The third kappa shape index (κ3) is 4.49. The molecule has 0 spiro atoms. The lowest BCUT2D eigenvalue weighted by Crippen LogP contribution is -2.16. The van der Waals surface area contributed by atoms with E-state index >= 15 is 0 Å². The van der Waals surface area contributed by atoms with Gasteiger partial charge in [0, 0.05) is 24.0 Å². The summed E-state index contributed by atoms with van der Waals surface area (Å²) in [5.41, 5.74) is 0.452. The Morgan fingerprint density at radius 1 is 1.14 bits per heavy atom. The third-order valence-corrected chi connectivity index (χ3v) is 4.02. The number of anilines is 1. The van der Waals surface area contributed by atoms with Crippen molar-refractivity contribution in [2.45, 2.75) is 20.2 Å². The standard InChI is InChI=1S/C18H18ClN5O4/c1-3-23-10-15(16(22-23)18(26)27-2)20-17(25)14-8-9-24(21-14)11-28-13-6-4-12(19)5-7-13/h4-10H,3,11H2,1-2H3,(H,20,25). The lowest BCUT2D eigenvalue weighted by atomic mass is 10.3. The second kappa shape index (κ2) is 8.57. The molecule has 2 heterocycles.